The van der Waals surface area contributed by atoms with E-state index in [1.807, 2.05) is 62.4 Å². The molecule has 1 aromatic carbocycles. The number of rotatable bonds is 9. The van der Waals surface area contributed by atoms with E-state index in [1.165, 1.54) is 0 Å². The van der Waals surface area contributed by atoms with Crippen LogP contribution in [0.3, 0.4) is 0 Å². The molecule has 0 radical (unpaired) electrons. The molecular formula is C39H44N6O4. The molecule has 10 heteroatoms. The Bertz CT molecular complexity index is 1770. The van der Waals surface area contributed by atoms with E-state index in [1.54, 1.807) is 24.5 Å². The molecular weight excluding hydrogens is 616 g/mol. The summed E-state index contributed by atoms with van der Waals surface area (Å²) in [6.45, 7) is 6.73. The lowest BCUT2D eigenvalue weighted by molar-refractivity contribution is -0.160. The van der Waals surface area contributed by atoms with Crippen molar-refractivity contribution in [1.29, 1.82) is 0 Å². The number of pyridine rings is 2. The molecule has 3 fully saturated rings. The number of carbonyl (C=O) groups excluding carboxylic acids is 2. The van der Waals surface area contributed by atoms with Crippen molar-refractivity contribution < 1.29 is 19.8 Å². The number of Topliss-reactive ketones (excluding diaryl/α,β-unsaturated/α-hetero) is 2. The SMILES string of the molecule is Cc1ccc(O)cc1CCC1CC(=O)CC2(C)C1CCC2(O)C(=O)CN1CCN(c2cc(-c3ccccn3)nc(-c3ccccn3)n2)CC1. The monoisotopic (exact) mass is 660 g/mol. The molecule has 2 saturated carbocycles. The molecule has 0 amide bonds. The Kier molecular flexibility index (Phi) is 9.02. The maximum absolute atomic E-state index is 14.0. The van der Waals surface area contributed by atoms with E-state index >= 15 is 0 Å². The second kappa shape index (κ2) is 13.4. The lowest BCUT2D eigenvalue weighted by atomic mass is 9.57. The number of phenolic OH excluding ortho intramolecular Hbond substituents is 1. The normalized spacial score (nSPS) is 25.7. The van der Waals surface area contributed by atoms with E-state index in [0.717, 1.165) is 41.9 Å². The first kappa shape index (κ1) is 33.0. The van der Waals surface area contributed by atoms with Gasteiger partial charge >= 0.3 is 0 Å². The van der Waals surface area contributed by atoms with Crippen LogP contribution >= 0.6 is 0 Å². The van der Waals surface area contributed by atoms with Crippen LogP contribution in [0.15, 0.2) is 73.1 Å². The molecule has 3 aliphatic rings. The molecule has 1 aliphatic heterocycles. The van der Waals surface area contributed by atoms with E-state index in [2.05, 4.69) is 19.8 Å². The van der Waals surface area contributed by atoms with Crippen molar-refractivity contribution in [1.82, 2.24) is 24.8 Å². The first-order valence-electron chi connectivity index (χ1n) is 17.4. The summed E-state index contributed by atoms with van der Waals surface area (Å²) in [6.07, 6.45) is 6.84. The lowest BCUT2D eigenvalue weighted by Gasteiger charge is -2.48. The Balaban J connectivity index is 1.03. The molecule has 4 atom stereocenters. The van der Waals surface area contributed by atoms with Crippen molar-refractivity contribution in [2.75, 3.05) is 37.6 Å². The zero-order chi connectivity index (χ0) is 34.2. The van der Waals surface area contributed by atoms with Crippen molar-refractivity contribution in [2.24, 2.45) is 17.3 Å². The van der Waals surface area contributed by atoms with E-state index in [9.17, 15) is 19.8 Å². The van der Waals surface area contributed by atoms with E-state index < -0.39 is 11.0 Å². The zero-order valence-corrected chi connectivity index (χ0v) is 28.3. The molecule has 254 valence electrons. The summed E-state index contributed by atoms with van der Waals surface area (Å²) in [6, 6.07) is 18.8. The molecule has 2 aliphatic carbocycles. The van der Waals surface area contributed by atoms with Crippen LogP contribution in [0.2, 0.25) is 0 Å². The van der Waals surface area contributed by atoms with Crippen molar-refractivity contribution >= 4 is 17.4 Å². The Morgan fingerprint density at radius 3 is 2.39 bits per heavy atom. The van der Waals surface area contributed by atoms with E-state index in [0.29, 0.717) is 56.2 Å². The Morgan fingerprint density at radius 2 is 1.67 bits per heavy atom. The summed E-state index contributed by atoms with van der Waals surface area (Å²) in [5.41, 5.74) is 2.01. The van der Waals surface area contributed by atoms with Gasteiger partial charge in [-0.3, -0.25) is 24.5 Å². The predicted octanol–water partition coefficient (Wildman–Crippen LogP) is 5.07. The molecule has 7 rings (SSSR count). The standard InChI is InChI=1S/C39H44N6O4/c1-26-9-12-29(46)21-27(26)10-11-28-22-30(47)24-38(2)31(28)13-14-39(38,49)35(48)25-44-17-19-45(20-18-44)36-23-34(32-7-3-5-15-40-32)42-37(43-36)33-8-4-6-16-41-33/h3-9,12,15-16,21,23,28,31,46,49H,10-11,13-14,17-20,22,24-25H2,1-2H3. The van der Waals surface area contributed by atoms with Crippen molar-refractivity contribution in [3.05, 3.63) is 84.2 Å². The van der Waals surface area contributed by atoms with E-state index in [-0.39, 0.29) is 42.1 Å². The molecule has 49 heavy (non-hydrogen) atoms. The summed E-state index contributed by atoms with van der Waals surface area (Å²) in [4.78, 5) is 50.1. The number of aromatic hydroxyl groups is 1. The largest absolute Gasteiger partial charge is 0.508 e. The Morgan fingerprint density at radius 1 is 0.939 bits per heavy atom. The van der Waals surface area contributed by atoms with Crippen LogP contribution in [0.5, 0.6) is 5.75 Å². The van der Waals surface area contributed by atoms with Crippen LogP contribution in [0.1, 0.15) is 50.2 Å². The predicted molar refractivity (Wildman–Crippen MR) is 187 cm³/mol. The minimum absolute atomic E-state index is 0.0907. The molecule has 3 aromatic heterocycles. The van der Waals surface area contributed by atoms with Gasteiger partial charge in [-0.1, -0.05) is 25.1 Å². The fraction of sp³-hybridized carbons (Fsp3) is 0.436. The minimum Gasteiger partial charge on any atom is -0.508 e. The fourth-order valence-electron chi connectivity index (χ4n) is 8.57. The number of benzene rings is 1. The third-order valence-corrected chi connectivity index (χ3v) is 11.4. The number of fused-ring (bicyclic) bond motifs is 1. The second-order valence-corrected chi connectivity index (χ2v) is 14.3. The molecule has 0 bridgehead atoms. The van der Waals surface area contributed by atoms with Crippen LogP contribution < -0.4 is 4.90 Å². The topological polar surface area (TPSA) is 133 Å². The number of aryl methyl sites for hydroxylation is 2. The summed E-state index contributed by atoms with van der Waals surface area (Å²) in [5, 5.41) is 22.2. The summed E-state index contributed by atoms with van der Waals surface area (Å²) < 4.78 is 0. The van der Waals surface area contributed by atoms with Crippen LogP contribution in [0.4, 0.5) is 5.82 Å². The third-order valence-electron chi connectivity index (χ3n) is 11.4. The van der Waals surface area contributed by atoms with Crippen molar-refractivity contribution in [3.63, 3.8) is 0 Å². The van der Waals surface area contributed by atoms with Gasteiger partial charge in [-0.05, 0) is 92.0 Å². The summed E-state index contributed by atoms with van der Waals surface area (Å²) >= 11 is 0. The highest BCUT2D eigenvalue weighted by molar-refractivity contribution is 5.92. The first-order valence-corrected chi connectivity index (χ1v) is 17.4. The van der Waals surface area contributed by atoms with Crippen LogP contribution in [-0.2, 0) is 16.0 Å². The highest BCUT2D eigenvalue weighted by Crippen LogP contribution is 2.59. The number of nitrogens with zero attached hydrogens (tertiary/aromatic N) is 6. The van der Waals surface area contributed by atoms with Gasteiger partial charge in [0.25, 0.3) is 0 Å². The average molecular weight is 661 g/mol. The number of phenols is 1. The first-order chi connectivity index (χ1) is 23.6. The maximum atomic E-state index is 14.0. The molecule has 4 unspecified atom stereocenters. The van der Waals surface area contributed by atoms with Gasteiger partial charge in [0.05, 0.1) is 17.9 Å². The molecule has 10 nitrogen and oxygen atoms in total. The molecule has 4 heterocycles. The highest BCUT2D eigenvalue weighted by atomic mass is 16.3. The van der Waals surface area contributed by atoms with Crippen LogP contribution in [0.25, 0.3) is 22.9 Å². The van der Waals surface area contributed by atoms with Crippen LogP contribution in [0, 0.1) is 24.2 Å². The summed E-state index contributed by atoms with van der Waals surface area (Å²) in [7, 11) is 0. The quantitative estimate of drug-likeness (QED) is 0.251. The van der Waals surface area contributed by atoms with Gasteiger partial charge < -0.3 is 15.1 Å². The minimum atomic E-state index is -1.54. The van der Waals surface area contributed by atoms with E-state index in [4.69, 9.17) is 9.97 Å². The lowest BCUT2D eigenvalue weighted by Crippen LogP contribution is -2.58. The zero-order valence-electron chi connectivity index (χ0n) is 28.3. The molecule has 0 spiro atoms. The van der Waals surface area contributed by atoms with Crippen LogP contribution in [-0.4, -0.2) is 84.9 Å². The summed E-state index contributed by atoms with van der Waals surface area (Å²) in [5.74, 6) is 1.68. The number of ketones is 2. The van der Waals surface area contributed by atoms with Gasteiger partial charge in [0.15, 0.2) is 11.6 Å². The fourth-order valence-corrected chi connectivity index (χ4v) is 8.57. The molecule has 4 aromatic rings. The van der Waals surface area contributed by atoms with Gasteiger partial charge in [-0.25, -0.2) is 9.97 Å². The number of hydrogen-bond acceptors (Lipinski definition) is 10. The van der Waals surface area contributed by atoms with Gasteiger partial charge in [0.2, 0.25) is 0 Å². The third kappa shape index (κ3) is 6.47. The van der Waals surface area contributed by atoms with Gasteiger partial charge in [-0.15, -0.1) is 0 Å². The molecule has 1 saturated heterocycles. The second-order valence-electron chi connectivity index (χ2n) is 14.3. The highest BCUT2D eigenvalue weighted by Gasteiger charge is 2.63. The van der Waals surface area contributed by atoms with Crippen molar-refractivity contribution in [2.45, 2.75) is 58.0 Å². The smallest absolute Gasteiger partial charge is 0.180 e. The number of aromatic nitrogens is 4. The number of hydrogen-bond donors (Lipinski definition) is 2. The van der Waals surface area contributed by atoms with Gasteiger partial charge in [0.1, 0.15) is 28.6 Å². The van der Waals surface area contributed by atoms with Gasteiger partial charge in [-0.2, -0.15) is 0 Å². The Labute approximate surface area is 287 Å². The average Bonchev–Trinajstić information content (AvgIpc) is 3.39. The van der Waals surface area contributed by atoms with Gasteiger partial charge in [0, 0.05) is 62.9 Å². The maximum Gasteiger partial charge on any atom is 0.180 e. The molecule has 2 N–H and O–H groups in total. The Hall–Kier alpha value is -4.54. The number of anilines is 1. The number of aliphatic hydroxyl groups is 1. The van der Waals surface area contributed by atoms with Crippen molar-refractivity contribution in [3.8, 4) is 28.7 Å². The number of piperazine rings is 1. The number of carbonyl (C=O) groups is 2.